The molecule has 9 nitrogen and oxygen atoms in total. The third-order valence-corrected chi connectivity index (χ3v) is 6.14. The minimum Gasteiger partial charge on any atom is -0.497 e. The third kappa shape index (κ3) is 5.34. The van der Waals surface area contributed by atoms with Crippen molar-refractivity contribution in [1.29, 1.82) is 5.26 Å². The number of rotatable bonds is 8. The zero-order chi connectivity index (χ0) is 25.6. The highest BCUT2D eigenvalue weighted by Crippen LogP contribution is 2.34. The standard InChI is InChI=1S/C28H27N5O4/c1-34-21-6-3-19(4-7-21)18-37-25-10-5-20(15-26(25)35-2)31-23-8-9-24-28(22(23)16-29)32-27(17-30-24)33-11-13-36-14-12-33/h3-10,15,17,31H,11-14,18H2,1-2H3. The van der Waals surface area contributed by atoms with Gasteiger partial charge in [0.2, 0.25) is 0 Å². The van der Waals surface area contributed by atoms with Crippen LogP contribution in [-0.2, 0) is 11.3 Å². The molecule has 0 aliphatic carbocycles. The van der Waals surface area contributed by atoms with Gasteiger partial charge in [0.05, 0.1) is 44.8 Å². The van der Waals surface area contributed by atoms with Crippen molar-refractivity contribution in [1.82, 2.24) is 9.97 Å². The van der Waals surface area contributed by atoms with Gasteiger partial charge in [0, 0.05) is 24.8 Å². The first-order chi connectivity index (χ1) is 18.2. The van der Waals surface area contributed by atoms with E-state index >= 15 is 0 Å². The van der Waals surface area contributed by atoms with Crippen molar-refractivity contribution in [3.05, 3.63) is 71.9 Å². The van der Waals surface area contributed by atoms with Gasteiger partial charge >= 0.3 is 0 Å². The summed E-state index contributed by atoms with van der Waals surface area (Å²) in [5, 5.41) is 13.3. The fourth-order valence-electron chi connectivity index (χ4n) is 4.13. The molecule has 0 unspecified atom stereocenters. The summed E-state index contributed by atoms with van der Waals surface area (Å²) in [6, 6.07) is 19.3. The summed E-state index contributed by atoms with van der Waals surface area (Å²) in [5.41, 5.74) is 4.05. The molecule has 0 amide bonds. The Morgan fingerprint density at radius 2 is 1.81 bits per heavy atom. The second kappa shape index (κ2) is 11.0. The van der Waals surface area contributed by atoms with Gasteiger partial charge in [-0.15, -0.1) is 0 Å². The molecule has 1 aliphatic rings. The average Bonchev–Trinajstić information content (AvgIpc) is 2.96. The van der Waals surface area contributed by atoms with Crippen molar-refractivity contribution >= 4 is 28.2 Å². The molecule has 188 valence electrons. The first-order valence-corrected chi connectivity index (χ1v) is 11.9. The lowest BCUT2D eigenvalue weighted by molar-refractivity contribution is 0.122. The topological polar surface area (TPSA) is 102 Å². The van der Waals surface area contributed by atoms with Crippen molar-refractivity contribution < 1.29 is 18.9 Å². The average molecular weight is 498 g/mol. The summed E-state index contributed by atoms with van der Waals surface area (Å²) in [4.78, 5) is 11.4. The number of morpholine rings is 1. The molecule has 0 spiro atoms. The van der Waals surface area contributed by atoms with Gasteiger partial charge in [-0.2, -0.15) is 5.26 Å². The van der Waals surface area contributed by atoms with E-state index in [0.29, 0.717) is 53.6 Å². The normalized spacial score (nSPS) is 13.2. The number of aromatic nitrogens is 2. The van der Waals surface area contributed by atoms with E-state index in [-0.39, 0.29) is 0 Å². The lowest BCUT2D eigenvalue weighted by Gasteiger charge is -2.27. The Labute approximate surface area is 215 Å². The molecule has 1 fully saturated rings. The SMILES string of the molecule is COc1ccc(COc2ccc(Nc3ccc4ncc(N5CCOCC5)nc4c3C#N)cc2OC)cc1. The summed E-state index contributed by atoms with van der Waals surface area (Å²) in [7, 11) is 3.23. The maximum absolute atomic E-state index is 10.0. The number of nitrogens with one attached hydrogen (secondary N) is 1. The molecule has 0 radical (unpaired) electrons. The first-order valence-electron chi connectivity index (χ1n) is 11.9. The molecule has 2 heterocycles. The highest BCUT2D eigenvalue weighted by Gasteiger charge is 2.17. The number of nitriles is 1. The van der Waals surface area contributed by atoms with E-state index in [4.69, 9.17) is 23.9 Å². The molecule has 1 aromatic heterocycles. The Morgan fingerprint density at radius 3 is 2.54 bits per heavy atom. The molecule has 9 heteroatoms. The summed E-state index contributed by atoms with van der Waals surface area (Å²) in [5.74, 6) is 2.73. The quantitative estimate of drug-likeness (QED) is 0.372. The predicted molar refractivity (Wildman–Crippen MR) is 141 cm³/mol. The monoisotopic (exact) mass is 497 g/mol. The molecular formula is C28H27N5O4. The molecule has 3 aromatic carbocycles. The summed E-state index contributed by atoms with van der Waals surface area (Å²) < 4.78 is 22.2. The maximum Gasteiger partial charge on any atom is 0.162 e. The van der Waals surface area contributed by atoms with E-state index in [2.05, 4.69) is 21.3 Å². The van der Waals surface area contributed by atoms with Crippen LogP contribution in [0.1, 0.15) is 11.1 Å². The Morgan fingerprint density at radius 1 is 1.00 bits per heavy atom. The minimum absolute atomic E-state index is 0.389. The van der Waals surface area contributed by atoms with E-state index in [1.54, 1.807) is 20.4 Å². The van der Waals surface area contributed by atoms with Crippen molar-refractivity contribution in [2.24, 2.45) is 0 Å². The number of ether oxygens (including phenoxy) is 4. The zero-order valence-corrected chi connectivity index (χ0v) is 20.7. The van der Waals surface area contributed by atoms with Gasteiger partial charge in [-0.3, -0.25) is 4.98 Å². The van der Waals surface area contributed by atoms with Crippen LogP contribution in [0.3, 0.4) is 0 Å². The number of fused-ring (bicyclic) bond motifs is 1. The van der Waals surface area contributed by atoms with Crippen LogP contribution < -0.4 is 24.4 Å². The number of nitrogens with zero attached hydrogens (tertiary/aromatic N) is 4. The number of hydrogen-bond acceptors (Lipinski definition) is 9. The lowest BCUT2D eigenvalue weighted by Crippen LogP contribution is -2.36. The largest absolute Gasteiger partial charge is 0.497 e. The molecule has 4 aromatic rings. The second-order valence-corrected chi connectivity index (χ2v) is 8.42. The molecule has 0 saturated carbocycles. The van der Waals surface area contributed by atoms with E-state index in [1.807, 2.05) is 54.6 Å². The van der Waals surface area contributed by atoms with E-state index in [0.717, 1.165) is 35.9 Å². The maximum atomic E-state index is 10.0. The van der Waals surface area contributed by atoms with Crippen LogP contribution in [0, 0.1) is 11.3 Å². The minimum atomic E-state index is 0.389. The Kier molecular flexibility index (Phi) is 7.19. The van der Waals surface area contributed by atoms with Crippen molar-refractivity contribution in [3.8, 4) is 23.3 Å². The van der Waals surface area contributed by atoms with Gasteiger partial charge in [-0.05, 0) is 42.0 Å². The van der Waals surface area contributed by atoms with Crippen molar-refractivity contribution in [2.45, 2.75) is 6.61 Å². The predicted octanol–water partition coefficient (Wildman–Crippen LogP) is 4.68. The number of anilines is 3. The summed E-state index contributed by atoms with van der Waals surface area (Å²) >= 11 is 0. The summed E-state index contributed by atoms with van der Waals surface area (Å²) in [6.45, 7) is 3.17. The number of benzene rings is 3. The van der Waals surface area contributed by atoms with Crippen LogP contribution in [0.4, 0.5) is 17.2 Å². The fourth-order valence-corrected chi connectivity index (χ4v) is 4.13. The van der Waals surface area contributed by atoms with E-state index in [9.17, 15) is 5.26 Å². The molecule has 5 rings (SSSR count). The van der Waals surface area contributed by atoms with Gasteiger partial charge in [0.1, 0.15) is 35.3 Å². The Balaban J connectivity index is 1.37. The van der Waals surface area contributed by atoms with Crippen molar-refractivity contribution in [2.75, 3.05) is 50.7 Å². The molecule has 1 aliphatic heterocycles. The first kappa shape index (κ1) is 24.2. The van der Waals surface area contributed by atoms with E-state index in [1.165, 1.54) is 0 Å². The molecule has 1 saturated heterocycles. The van der Waals surface area contributed by atoms with Gasteiger partial charge in [0.15, 0.2) is 11.5 Å². The Hall–Kier alpha value is -4.55. The van der Waals surface area contributed by atoms with Crippen LogP contribution in [0.2, 0.25) is 0 Å². The van der Waals surface area contributed by atoms with Crippen LogP contribution in [-0.4, -0.2) is 50.5 Å². The third-order valence-electron chi connectivity index (χ3n) is 6.14. The van der Waals surface area contributed by atoms with Crippen molar-refractivity contribution in [3.63, 3.8) is 0 Å². The highest BCUT2D eigenvalue weighted by atomic mass is 16.5. The van der Waals surface area contributed by atoms with Gasteiger partial charge in [-0.1, -0.05) is 12.1 Å². The fraction of sp³-hybridized carbons (Fsp3) is 0.250. The second-order valence-electron chi connectivity index (χ2n) is 8.42. The van der Waals surface area contributed by atoms with Crippen LogP contribution in [0.25, 0.3) is 11.0 Å². The molecule has 0 atom stereocenters. The molecule has 37 heavy (non-hydrogen) atoms. The summed E-state index contributed by atoms with van der Waals surface area (Å²) in [6.07, 6.45) is 1.75. The van der Waals surface area contributed by atoms with Crippen LogP contribution in [0.15, 0.2) is 60.8 Å². The zero-order valence-electron chi connectivity index (χ0n) is 20.7. The van der Waals surface area contributed by atoms with E-state index < -0.39 is 0 Å². The molecular weight excluding hydrogens is 470 g/mol. The lowest BCUT2D eigenvalue weighted by atomic mass is 10.1. The van der Waals surface area contributed by atoms with Crippen LogP contribution >= 0.6 is 0 Å². The molecule has 1 N–H and O–H groups in total. The van der Waals surface area contributed by atoms with Gasteiger partial charge in [0.25, 0.3) is 0 Å². The smallest absolute Gasteiger partial charge is 0.162 e. The van der Waals surface area contributed by atoms with Gasteiger partial charge in [-0.25, -0.2) is 4.98 Å². The molecule has 0 bridgehead atoms. The Bertz CT molecular complexity index is 1430. The highest BCUT2D eigenvalue weighted by molar-refractivity contribution is 5.89. The number of methoxy groups -OCH3 is 2. The van der Waals surface area contributed by atoms with Crippen LogP contribution in [0.5, 0.6) is 17.2 Å². The van der Waals surface area contributed by atoms with Gasteiger partial charge < -0.3 is 29.2 Å². The number of hydrogen-bond donors (Lipinski definition) is 1.